The minimum atomic E-state index is -0.126. The summed E-state index contributed by atoms with van der Waals surface area (Å²) in [7, 11) is 0. The summed E-state index contributed by atoms with van der Waals surface area (Å²) in [5, 5.41) is 0.357. The summed E-state index contributed by atoms with van der Waals surface area (Å²) in [6, 6.07) is 7.32. The summed E-state index contributed by atoms with van der Waals surface area (Å²) < 4.78 is 5.68. The maximum atomic E-state index is 12.9. The minimum Gasteiger partial charge on any atom is -0.376 e. The van der Waals surface area contributed by atoms with E-state index in [0.717, 1.165) is 25.1 Å². The zero-order valence-corrected chi connectivity index (χ0v) is 13.4. The second-order valence-corrected chi connectivity index (χ2v) is 5.90. The number of hydrogen-bond donors (Lipinski definition) is 0. The molecule has 1 aliphatic rings. The van der Waals surface area contributed by atoms with Crippen molar-refractivity contribution in [2.45, 2.75) is 25.5 Å². The van der Waals surface area contributed by atoms with Crippen molar-refractivity contribution < 1.29 is 9.53 Å². The number of pyridine rings is 2. The van der Waals surface area contributed by atoms with Crippen molar-refractivity contribution in [2.75, 3.05) is 13.2 Å². The van der Waals surface area contributed by atoms with Gasteiger partial charge in [0.15, 0.2) is 0 Å². The molecule has 0 saturated carbocycles. The van der Waals surface area contributed by atoms with Gasteiger partial charge in [-0.15, -0.1) is 0 Å². The molecule has 1 saturated heterocycles. The molecule has 23 heavy (non-hydrogen) atoms. The van der Waals surface area contributed by atoms with E-state index in [1.807, 2.05) is 18.2 Å². The highest BCUT2D eigenvalue weighted by atomic mass is 35.5. The SMILES string of the molecule is O=C(c1ccncc1Cl)N(Cc1ccccn1)CC1CCCO1. The van der Waals surface area contributed by atoms with Gasteiger partial charge in [-0.25, -0.2) is 0 Å². The van der Waals surface area contributed by atoms with Crippen LogP contribution in [0.25, 0.3) is 0 Å². The van der Waals surface area contributed by atoms with E-state index >= 15 is 0 Å². The smallest absolute Gasteiger partial charge is 0.255 e. The van der Waals surface area contributed by atoms with Gasteiger partial charge in [0.1, 0.15) is 0 Å². The van der Waals surface area contributed by atoms with Crippen molar-refractivity contribution in [1.29, 1.82) is 0 Å². The van der Waals surface area contributed by atoms with Gasteiger partial charge < -0.3 is 9.64 Å². The molecule has 1 amide bonds. The summed E-state index contributed by atoms with van der Waals surface area (Å²) in [5.41, 5.74) is 1.29. The number of halogens is 1. The van der Waals surface area contributed by atoms with E-state index in [1.165, 1.54) is 6.20 Å². The lowest BCUT2D eigenvalue weighted by Crippen LogP contribution is -2.37. The third-order valence-corrected chi connectivity index (χ3v) is 4.12. The average molecular weight is 332 g/mol. The Hall–Kier alpha value is -1.98. The summed E-state index contributed by atoms with van der Waals surface area (Å²) in [4.78, 5) is 22.9. The average Bonchev–Trinajstić information content (AvgIpc) is 3.08. The first-order valence-corrected chi connectivity index (χ1v) is 8.02. The molecule has 0 N–H and O–H groups in total. The number of carbonyl (C=O) groups excluding carboxylic acids is 1. The van der Waals surface area contributed by atoms with Crippen molar-refractivity contribution in [3.63, 3.8) is 0 Å². The van der Waals surface area contributed by atoms with Gasteiger partial charge >= 0.3 is 0 Å². The lowest BCUT2D eigenvalue weighted by molar-refractivity contribution is 0.0504. The number of ether oxygens (including phenoxy) is 1. The van der Waals surface area contributed by atoms with E-state index in [4.69, 9.17) is 16.3 Å². The van der Waals surface area contributed by atoms with Crippen molar-refractivity contribution in [1.82, 2.24) is 14.9 Å². The second kappa shape index (κ2) is 7.53. The van der Waals surface area contributed by atoms with Crippen LogP contribution in [-0.4, -0.2) is 40.0 Å². The van der Waals surface area contributed by atoms with E-state index in [1.54, 1.807) is 23.4 Å². The summed E-state index contributed by atoms with van der Waals surface area (Å²) in [6.45, 7) is 1.72. The quantitative estimate of drug-likeness (QED) is 0.845. The molecular formula is C17H18ClN3O2. The van der Waals surface area contributed by atoms with E-state index < -0.39 is 0 Å². The highest BCUT2D eigenvalue weighted by molar-refractivity contribution is 6.33. The third-order valence-electron chi connectivity index (χ3n) is 3.82. The fourth-order valence-corrected chi connectivity index (χ4v) is 2.86. The van der Waals surface area contributed by atoms with Gasteiger partial charge in [-0.1, -0.05) is 17.7 Å². The molecular weight excluding hydrogens is 314 g/mol. The molecule has 3 rings (SSSR count). The molecule has 0 radical (unpaired) electrons. The molecule has 1 aliphatic heterocycles. The van der Waals surface area contributed by atoms with Crippen molar-refractivity contribution >= 4 is 17.5 Å². The van der Waals surface area contributed by atoms with E-state index in [-0.39, 0.29) is 12.0 Å². The first-order chi connectivity index (χ1) is 11.2. The second-order valence-electron chi connectivity index (χ2n) is 5.50. The van der Waals surface area contributed by atoms with Crippen LogP contribution < -0.4 is 0 Å². The van der Waals surface area contributed by atoms with Crippen LogP contribution in [0.5, 0.6) is 0 Å². The lowest BCUT2D eigenvalue weighted by Gasteiger charge is -2.25. The van der Waals surface area contributed by atoms with E-state index in [9.17, 15) is 4.79 Å². The Kier molecular flexibility index (Phi) is 5.20. The fourth-order valence-electron chi connectivity index (χ4n) is 2.66. The van der Waals surface area contributed by atoms with Gasteiger partial charge in [-0.05, 0) is 31.0 Å². The number of hydrogen-bond acceptors (Lipinski definition) is 4. The Morgan fingerprint density at radius 2 is 2.26 bits per heavy atom. The molecule has 1 unspecified atom stereocenters. The van der Waals surface area contributed by atoms with Gasteiger partial charge in [-0.3, -0.25) is 14.8 Å². The van der Waals surface area contributed by atoms with Crippen molar-refractivity contribution in [3.05, 3.63) is 59.1 Å². The maximum absolute atomic E-state index is 12.9. The van der Waals surface area contributed by atoms with Crippen LogP contribution in [-0.2, 0) is 11.3 Å². The molecule has 1 fully saturated rings. The molecule has 6 heteroatoms. The van der Waals surface area contributed by atoms with Crippen LogP contribution in [0.2, 0.25) is 5.02 Å². The molecule has 0 spiro atoms. The molecule has 5 nitrogen and oxygen atoms in total. The summed E-state index contributed by atoms with van der Waals surface area (Å²) >= 11 is 6.13. The highest BCUT2D eigenvalue weighted by Gasteiger charge is 2.25. The fraction of sp³-hybridized carbons (Fsp3) is 0.353. The van der Waals surface area contributed by atoms with Crippen molar-refractivity contribution in [2.24, 2.45) is 0 Å². The summed E-state index contributed by atoms with van der Waals surface area (Å²) in [5.74, 6) is -0.126. The third kappa shape index (κ3) is 4.06. The topological polar surface area (TPSA) is 55.3 Å². The van der Waals surface area contributed by atoms with Crippen molar-refractivity contribution in [3.8, 4) is 0 Å². The highest BCUT2D eigenvalue weighted by Crippen LogP contribution is 2.20. The monoisotopic (exact) mass is 331 g/mol. The van der Waals surface area contributed by atoms with Gasteiger partial charge in [0.2, 0.25) is 0 Å². The Balaban J connectivity index is 1.81. The molecule has 3 heterocycles. The molecule has 120 valence electrons. The number of nitrogens with zero attached hydrogens (tertiary/aromatic N) is 3. The molecule has 2 aromatic heterocycles. The maximum Gasteiger partial charge on any atom is 0.255 e. The number of rotatable bonds is 5. The lowest BCUT2D eigenvalue weighted by atomic mass is 10.1. The Labute approximate surface area is 140 Å². The van der Waals surface area contributed by atoms with Gasteiger partial charge in [0.25, 0.3) is 5.91 Å². The number of carbonyl (C=O) groups is 1. The molecule has 0 bridgehead atoms. The normalized spacial score (nSPS) is 17.2. The minimum absolute atomic E-state index is 0.0725. The number of amides is 1. The van der Waals surface area contributed by atoms with E-state index in [2.05, 4.69) is 9.97 Å². The van der Waals surface area contributed by atoms with Gasteiger partial charge in [0.05, 0.1) is 28.9 Å². The molecule has 0 aromatic carbocycles. The standard InChI is InChI=1S/C17H18ClN3O2/c18-16-10-19-8-6-15(16)17(22)21(12-14-5-3-9-23-14)11-13-4-1-2-7-20-13/h1-2,4,6-8,10,14H,3,5,9,11-12H2. The van der Waals surface area contributed by atoms with E-state index in [0.29, 0.717) is 23.7 Å². The molecule has 1 atom stereocenters. The first-order valence-electron chi connectivity index (χ1n) is 7.64. The Bertz CT molecular complexity index is 660. The predicted molar refractivity (Wildman–Crippen MR) is 87.2 cm³/mol. The largest absolute Gasteiger partial charge is 0.376 e. The Morgan fingerprint density at radius 3 is 2.96 bits per heavy atom. The predicted octanol–water partition coefficient (Wildman–Crippen LogP) is 2.95. The van der Waals surface area contributed by atoms with Crippen LogP contribution in [0.15, 0.2) is 42.9 Å². The Morgan fingerprint density at radius 1 is 1.35 bits per heavy atom. The van der Waals surface area contributed by atoms with Crippen LogP contribution in [0.1, 0.15) is 28.9 Å². The number of aromatic nitrogens is 2. The van der Waals surface area contributed by atoms with Gasteiger partial charge in [0, 0.05) is 31.7 Å². The molecule has 0 aliphatic carbocycles. The summed E-state index contributed by atoms with van der Waals surface area (Å²) in [6.07, 6.45) is 6.86. The van der Waals surface area contributed by atoms with Crippen LogP contribution in [0, 0.1) is 0 Å². The zero-order chi connectivity index (χ0) is 16.1. The van der Waals surface area contributed by atoms with Crippen LogP contribution >= 0.6 is 11.6 Å². The zero-order valence-electron chi connectivity index (χ0n) is 12.7. The van der Waals surface area contributed by atoms with Crippen LogP contribution in [0.3, 0.4) is 0 Å². The molecule has 2 aromatic rings. The van der Waals surface area contributed by atoms with Crippen LogP contribution in [0.4, 0.5) is 0 Å². The first kappa shape index (κ1) is 15.9. The van der Waals surface area contributed by atoms with Gasteiger partial charge in [-0.2, -0.15) is 0 Å².